The first-order chi connectivity index (χ1) is 12.2. The predicted molar refractivity (Wildman–Crippen MR) is 107 cm³/mol. The molecule has 122 valence electrons. The van der Waals surface area contributed by atoms with Crippen molar-refractivity contribution in [2.75, 3.05) is 0 Å². The van der Waals surface area contributed by atoms with Crippen molar-refractivity contribution in [1.29, 1.82) is 0 Å². The molecule has 0 radical (unpaired) electrons. The van der Waals surface area contributed by atoms with Gasteiger partial charge in [0.05, 0.1) is 5.41 Å². The molecule has 25 heavy (non-hydrogen) atoms. The number of halogens is 1. The van der Waals surface area contributed by atoms with Gasteiger partial charge < -0.3 is 0 Å². The number of benzene rings is 3. The average Bonchev–Trinajstić information content (AvgIpc) is 2.65. The molecule has 0 spiro atoms. The summed E-state index contributed by atoms with van der Waals surface area (Å²) in [6.45, 7) is 4.65. The topological polar surface area (TPSA) is 0 Å². The first kappa shape index (κ1) is 15.2. The van der Waals surface area contributed by atoms with E-state index in [0.29, 0.717) is 5.92 Å². The monoisotopic (exact) mass is 386 g/mol. The largest absolute Gasteiger partial charge is 0.0667 e. The van der Waals surface area contributed by atoms with Crippen molar-refractivity contribution < 1.29 is 0 Å². The van der Waals surface area contributed by atoms with Crippen LogP contribution in [0.25, 0.3) is 0 Å². The van der Waals surface area contributed by atoms with Gasteiger partial charge in [-0.25, -0.2) is 0 Å². The molecule has 0 unspecified atom stereocenters. The van der Waals surface area contributed by atoms with Crippen molar-refractivity contribution in [3.8, 4) is 0 Å². The third-order valence-corrected chi connectivity index (χ3v) is 6.74. The minimum atomic E-state index is -0.174. The third-order valence-electron chi connectivity index (χ3n) is 6.22. The molecule has 0 atom stereocenters. The van der Waals surface area contributed by atoms with Crippen molar-refractivity contribution in [2.24, 2.45) is 0 Å². The van der Waals surface area contributed by atoms with Crippen molar-refractivity contribution in [1.82, 2.24) is 0 Å². The van der Waals surface area contributed by atoms with E-state index < -0.39 is 0 Å². The lowest BCUT2D eigenvalue weighted by molar-refractivity contribution is 0.609. The fourth-order valence-corrected chi connectivity index (χ4v) is 5.37. The molecule has 0 N–H and O–H groups in total. The van der Waals surface area contributed by atoms with Crippen LogP contribution >= 0.6 is 15.9 Å². The van der Waals surface area contributed by atoms with Crippen LogP contribution < -0.4 is 0 Å². The summed E-state index contributed by atoms with van der Waals surface area (Å²) in [4.78, 5) is 0. The molecule has 3 aliphatic carbocycles. The van der Waals surface area contributed by atoms with Gasteiger partial charge in [-0.3, -0.25) is 0 Å². The Balaban J connectivity index is 1.98. The van der Waals surface area contributed by atoms with Gasteiger partial charge in [0.2, 0.25) is 0 Å². The average molecular weight is 387 g/mol. The van der Waals surface area contributed by atoms with Gasteiger partial charge in [0.1, 0.15) is 0 Å². The van der Waals surface area contributed by atoms with Crippen LogP contribution in [0.1, 0.15) is 47.6 Å². The highest BCUT2D eigenvalue weighted by atomic mass is 79.9. The quantitative estimate of drug-likeness (QED) is 0.414. The zero-order valence-corrected chi connectivity index (χ0v) is 16.0. The van der Waals surface area contributed by atoms with Crippen LogP contribution in [0.5, 0.6) is 0 Å². The lowest BCUT2D eigenvalue weighted by atomic mass is 9.51. The molecular formula is C24H19Br. The fourth-order valence-electron chi connectivity index (χ4n) is 5.10. The van der Waals surface area contributed by atoms with Crippen LogP contribution in [-0.4, -0.2) is 0 Å². The standard InChI is InChI=1S/C24H19Br/c1-15-16(2)24(17-11-13-18(25)14-12-17)21-9-5-3-7-19(21)23(15)20-8-4-6-10-22(20)24/h3-14,23H,1-2H3. The maximum absolute atomic E-state index is 3.60. The summed E-state index contributed by atoms with van der Waals surface area (Å²) < 4.78 is 1.12. The number of allylic oxidation sites excluding steroid dienone is 2. The van der Waals surface area contributed by atoms with E-state index in [0.717, 1.165) is 4.47 Å². The minimum absolute atomic E-state index is 0.174. The van der Waals surface area contributed by atoms with Gasteiger partial charge in [-0.2, -0.15) is 0 Å². The Morgan fingerprint density at radius 1 is 0.720 bits per heavy atom. The molecule has 0 nitrogen and oxygen atoms in total. The van der Waals surface area contributed by atoms with Crippen molar-refractivity contribution in [3.05, 3.63) is 116 Å². The van der Waals surface area contributed by atoms with Crippen LogP contribution in [0, 0.1) is 0 Å². The van der Waals surface area contributed by atoms with Gasteiger partial charge in [0, 0.05) is 10.4 Å². The van der Waals surface area contributed by atoms with Gasteiger partial charge in [-0.15, -0.1) is 0 Å². The van der Waals surface area contributed by atoms with Gasteiger partial charge in [-0.05, 0) is 53.8 Å². The Morgan fingerprint density at radius 2 is 1.24 bits per heavy atom. The highest BCUT2D eigenvalue weighted by molar-refractivity contribution is 9.10. The number of hydrogen-bond acceptors (Lipinski definition) is 0. The second kappa shape index (κ2) is 5.19. The zero-order chi connectivity index (χ0) is 17.2. The highest BCUT2D eigenvalue weighted by Gasteiger charge is 2.51. The fraction of sp³-hybridized carbons (Fsp3) is 0.167. The molecule has 0 saturated heterocycles. The molecular weight excluding hydrogens is 368 g/mol. The summed E-state index contributed by atoms with van der Waals surface area (Å²) in [6.07, 6.45) is 0. The summed E-state index contributed by atoms with van der Waals surface area (Å²) in [5.41, 5.74) is 9.99. The van der Waals surface area contributed by atoms with E-state index in [1.165, 1.54) is 39.0 Å². The normalized spacial score (nSPS) is 23.4. The molecule has 0 aromatic heterocycles. The first-order valence-corrected chi connectivity index (χ1v) is 9.57. The number of rotatable bonds is 1. The van der Waals surface area contributed by atoms with Crippen LogP contribution in [-0.2, 0) is 5.41 Å². The summed E-state index contributed by atoms with van der Waals surface area (Å²) in [6, 6.07) is 26.9. The molecule has 0 heterocycles. The summed E-state index contributed by atoms with van der Waals surface area (Å²) in [7, 11) is 0. The van der Waals surface area contributed by atoms with Crippen LogP contribution in [0.4, 0.5) is 0 Å². The van der Waals surface area contributed by atoms with Crippen LogP contribution in [0.15, 0.2) is 88.4 Å². The van der Waals surface area contributed by atoms with E-state index in [9.17, 15) is 0 Å². The minimum Gasteiger partial charge on any atom is -0.0619 e. The van der Waals surface area contributed by atoms with Gasteiger partial charge in [0.15, 0.2) is 0 Å². The van der Waals surface area contributed by atoms with Gasteiger partial charge in [-0.1, -0.05) is 87.7 Å². The molecule has 0 aliphatic heterocycles. The predicted octanol–water partition coefficient (Wildman–Crippen LogP) is 6.58. The maximum atomic E-state index is 3.60. The molecule has 0 fully saturated rings. The smallest absolute Gasteiger partial charge is 0.0619 e. The molecule has 3 aromatic carbocycles. The number of hydrogen-bond donors (Lipinski definition) is 0. The Morgan fingerprint density at radius 3 is 1.80 bits per heavy atom. The van der Waals surface area contributed by atoms with E-state index >= 15 is 0 Å². The van der Waals surface area contributed by atoms with Crippen molar-refractivity contribution in [2.45, 2.75) is 25.2 Å². The molecule has 0 amide bonds. The molecule has 6 rings (SSSR count). The third kappa shape index (κ3) is 1.77. The Bertz CT molecular complexity index is 976. The highest BCUT2D eigenvalue weighted by Crippen LogP contribution is 2.61. The molecule has 0 saturated carbocycles. The van der Waals surface area contributed by atoms with E-state index in [1.807, 2.05) is 0 Å². The van der Waals surface area contributed by atoms with Crippen molar-refractivity contribution >= 4 is 15.9 Å². The van der Waals surface area contributed by atoms with E-state index in [1.54, 1.807) is 0 Å². The molecule has 2 bridgehead atoms. The van der Waals surface area contributed by atoms with Crippen LogP contribution in [0.2, 0.25) is 0 Å². The molecule has 3 aromatic rings. The second-order valence-corrected chi connectivity index (χ2v) is 8.09. The summed E-state index contributed by atoms with van der Waals surface area (Å²) in [5, 5.41) is 0. The lowest BCUT2D eigenvalue weighted by Crippen LogP contribution is -2.42. The van der Waals surface area contributed by atoms with E-state index in [-0.39, 0.29) is 5.41 Å². The first-order valence-electron chi connectivity index (χ1n) is 8.78. The Labute approximate surface area is 157 Å². The second-order valence-electron chi connectivity index (χ2n) is 7.17. The molecule has 1 heteroatoms. The Hall–Kier alpha value is -2.12. The van der Waals surface area contributed by atoms with E-state index in [2.05, 4.69) is 103 Å². The van der Waals surface area contributed by atoms with Gasteiger partial charge >= 0.3 is 0 Å². The Kier molecular flexibility index (Phi) is 3.15. The lowest BCUT2D eigenvalue weighted by Gasteiger charge is -2.51. The molecule has 3 aliphatic rings. The zero-order valence-electron chi connectivity index (χ0n) is 14.4. The van der Waals surface area contributed by atoms with Crippen LogP contribution in [0.3, 0.4) is 0 Å². The summed E-state index contributed by atoms with van der Waals surface area (Å²) >= 11 is 3.60. The summed E-state index contributed by atoms with van der Waals surface area (Å²) in [5.74, 6) is 0.393. The SMILES string of the molecule is CC1=C(C)C2(c3ccc(Br)cc3)c3ccccc3C1c1ccccc12. The van der Waals surface area contributed by atoms with Gasteiger partial charge in [0.25, 0.3) is 0 Å². The van der Waals surface area contributed by atoms with Crippen molar-refractivity contribution in [3.63, 3.8) is 0 Å². The van der Waals surface area contributed by atoms with E-state index in [4.69, 9.17) is 0 Å². The maximum Gasteiger partial charge on any atom is 0.0667 e.